The summed E-state index contributed by atoms with van der Waals surface area (Å²) in [4.78, 5) is 28.4. The van der Waals surface area contributed by atoms with Crippen LogP contribution >= 0.6 is 0 Å². The highest BCUT2D eigenvalue weighted by atomic mass is 19.1. The summed E-state index contributed by atoms with van der Waals surface area (Å²) in [6.07, 6.45) is 7.28. The zero-order valence-electron chi connectivity index (χ0n) is 16.7. The van der Waals surface area contributed by atoms with Gasteiger partial charge in [-0.2, -0.15) is 0 Å². The Morgan fingerprint density at radius 3 is 2.57 bits per heavy atom. The van der Waals surface area contributed by atoms with E-state index in [2.05, 4.69) is 20.2 Å². The first-order chi connectivity index (χ1) is 14.7. The highest BCUT2D eigenvalue weighted by Crippen LogP contribution is 2.25. The smallest absolute Gasteiger partial charge is 0.256 e. The lowest BCUT2D eigenvalue weighted by Crippen LogP contribution is -2.34. The Balaban J connectivity index is 1.55. The lowest BCUT2D eigenvalue weighted by molar-refractivity contribution is 0.0954. The van der Waals surface area contributed by atoms with Crippen LogP contribution in [0, 0.1) is 5.82 Å². The number of hydrogen-bond donors (Lipinski definition) is 1. The van der Waals surface area contributed by atoms with Crippen molar-refractivity contribution in [1.29, 1.82) is 0 Å². The largest absolute Gasteiger partial charge is 0.356 e. The summed E-state index contributed by atoms with van der Waals surface area (Å²) in [7, 11) is 0. The van der Waals surface area contributed by atoms with Crippen molar-refractivity contribution in [2.45, 2.75) is 25.7 Å². The van der Waals surface area contributed by atoms with Gasteiger partial charge in [-0.3, -0.25) is 9.78 Å². The number of benzene rings is 1. The lowest BCUT2D eigenvalue weighted by Gasteiger charge is -2.29. The first kappa shape index (κ1) is 19.9. The first-order valence-electron chi connectivity index (χ1n) is 10.3. The van der Waals surface area contributed by atoms with Crippen LogP contribution in [0.1, 0.15) is 35.3 Å². The predicted molar refractivity (Wildman–Crippen MR) is 114 cm³/mol. The monoisotopic (exact) mass is 405 g/mol. The minimum Gasteiger partial charge on any atom is -0.356 e. The van der Waals surface area contributed by atoms with Crippen LogP contribution in [0.5, 0.6) is 0 Å². The van der Waals surface area contributed by atoms with Gasteiger partial charge in [0.05, 0.1) is 0 Å². The lowest BCUT2D eigenvalue weighted by atomic mass is 10.1. The van der Waals surface area contributed by atoms with Gasteiger partial charge in [0, 0.05) is 49.7 Å². The number of amides is 1. The van der Waals surface area contributed by atoms with Crippen molar-refractivity contribution in [3.05, 3.63) is 71.9 Å². The van der Waals surface area contributed by atoms with Crippen molar-refractivity contribution in [2.24, 2.45) is 0 Å². The van der Waals surface area contributed by atoms with E-state index in [9.17, 15) is 9.18 Å². The molecule has 1 aromatic carbocycles. The van der Waals surface area contributed by atoms with Gasteiger partial charge in [-0.25, -0.2) is 14.4 Å². The number of hydrogen-bond acceptors (Lipinski definition) is 5. The third-order valence-electron chi connectivity index (χ3n) is 5.16. The summed E-state index contributed by atoms with van der Waals surface area (Å²) in [5.41, 5.74) is 2.11. The molecule has 4 rings (SSSR count). The molecule has 1 aliphatic rings. The van der Waals surface area contributed by atoms with Crippen LogP contribution in [-0.4, -0.2) is 40.5 Å². The molecular formula is C23H24FN5O. The third-order valence-corrected chi connectivity index (χ3v) is 5.16. The first-order valence-corrected chi connectivity index (χ1v) is 10.3. The topological polar surface area (TPSA) is 71.0 Å². The second-order valence-electron chi connectivity index (χ2n) is 7.31. The van der Waals surface area contributed by atoms with Gasteiger partial charge in [0.2, 0.25) is 0 Å². The van der Waals surface area contributed by atoms with E-state index in [1.54, 1.807) is 24.5 Å². The number of piperidine rings is 1. The molecule has 0 unspecified atom stereocenters. The second-order valence-corrected chi connectivity index (χ2v) is 7.31. The van der Waals surface area contributed by atoms with Crippen molar-refractivity contribution in [3.8, 4) is 11.4 Å². The number of rotatable bonds is 6. The normalized spacial score (nSPS) is 13.8. The SMILES string of the molecule is O=C(NCCc1ccccn1)c1cnc(-c2ccc(F)cc2)nc1N1CCCCC1. The quantitative estimate of drug-likeness (QED) is 0.678. The third kappa shape index (κ3) is 4.79. The van der Waals surface area contributed by atoms with Crippen LogP contribution in [0.4, 0.5) is 10.2 Å². The molecule has 1 fully saturated rings. The molecular weight excluding hydrogens is 381 g/mol. The summed E-state index contributed by atoms with van der Waals surface area (Å²) in [5, 5.41) is 2.96. The Labute approximate surface area is 175 Å². The van der Waals surface area contributed by atoms with Gasteiger partial charge < -0.3 is 10.2 Å². The van der Waals surface area contributed by atoms with Gasteiger partial charge in [0.25, 0.3) is 5.91 Å². The molecule has 2 aromatic heterocycles. The van der Waals surface area contributed by atoms with Crippen molar-refractivity contribution in [1.82, 2.24) is 20.3 Å². The molecule has 0 atom stereocenters. The van der Waals surface area contributed by atoms with E-state index in [1.165, 1.54) is 18.6 Å². The van der Waals surface area contributed by atoms with E-state index >= 15 is 0 Å². The van der Waals surface area contributed by atoms with E-state index in [1.807, 2.05) is 18.2 Å². The number of nitrogens with one attached hydrogen (secondary N) is 1. The molecule has 0 aliphatic carbocycles. The van der Waals surface area contributed by atoms with Gasteiger partial charge in [0.15, 0.2) is 5.82 Å². The maximum absolute atomic E-state index is 13.3. The number of pyridine rings is 1. The van der Waals surface area contributed by atoms with Gasteiger partial charge in [-0.05, 0) is 55.7 Å². The molecule has 3 heterocycles. The van der Waals surface area contributed by atoms with Gasteiger partial charge in [-0.1, -0.05) is 6.07 Å². The minimum absolute atomic E-state index is 0.197. The Kier molecular flexibility index (Phi) is 6.27. The summed E-state index contributed by atoms with van der Waals surface area (Å²) < 4.78 is 13.3. The molecule has 30 heavy (non-hydrogen) atoms. The fourth-order valence-corrected chi connectivity index (χ4v) is 3.56. The molecule has 3 aromatic rings. The number of carbonyl (C=O) groups excluding carboxylic acids is 1. The summed E-state index contributed by atoms with van der Waals surface area (Å²) in [6, 6.07) is 11.8. The van der Waals surface area contributed by atoms with Crippen LogP contribution in [0.25, 0.3) is 11.4 Å². The average molecular weight is 405 g/mol. The van der Waals surface area contributed by atoms with E-state index in [0.717, 1.165) is 37.2 Å². The van der Waals surface area contributed by atoms with E-state index in [0.29, 0.717) is 30.2 Å². The molecule has 154 valence electrons. The second kappa shape index (κ2) is 9.43. The van der Waals surface area contributed by atoms with E-state index < -0.39 is 0 Å². The number of aromatic nitrogens is 3. The number of nitrogens with zero attached hydrogens (tertiary/aromatic N) is 4. The number of halogens is 1. The molecule has 1 saturated heterocycles. The molecule has 0 bridgehead atoms. The van der Waals surface area contributed by atoms with Crippen molar-refractivity contribution >= 4 is 11.7 Å². The fourth-order valence-electron chi connectivity index (χ4n) is 3.56. The predicted octanol–water partition coefficient (Wildman–Crippen LogP) is 3.64. The molecule has 1 amide bonds. The van der Waals surface area contributed by atoms with Crippen LogP contribution in [-0.2, 0) is 6.42 Å². The van der Waals surface area contributed by atoms with Crippen LogP contribution < -0.4 is 10.2 Å². The molecule has 0 spiro atoms. The summed E-state index contributed by atoms with van der Waals surface area (Å²) >= 11 is 0. The highest BCUT2D eigenvalue weighted by Gasteiger charge is 2.22. The van der Waals surface area contributed by atoms with E-state index in [4.69, 9.17) is 4.98 Å². The molecule has 6 nitrogen and oxygen atoms in total. The molecule has 7 heteroatoms. The van der Waals surface area contributed by atoms with Gasteiger partial charge in [-0.15, -0.1) is 0 Å². The number of anilines is 1. The molecule has 0 radical (unpaired) electrons. The minimum atomic E-state index is -0.307. The Morgan fingerprint density at radius 2 is 1.83 bits per heavy atom. The summed E-state index contributed by atoms with van der Waals surface area (Å²) in [5.74, 6) is 0.621. The van der Waals surface area contributed by atoms with E-state index in [-0.39, 0.29) is 11.7 Å². The Hall–Kier alpha value is -3.35. The molecule has 0 saturated carbocycles. The maximum Gasteiger partial charge on any atom is 0.256 e. The molecule has 1 N–H and O–H groups in total. The van der Waals surface area contributed by atoms with Crippen molar-refractivity contribution in [2.75, 3.05) is 24.5 Å². The van der Waals surface area contributed by atoms with Crippen LogP contribution in [0.3, 0.4) is 0 Å². The van der Waals surface area contributed by atoms with Crippen LogP contribution in [0.2, 0.25) is 0 Å². The fraction of sp³-hybridized carbons (Fsp3) is 0.304. The number of carbonyl (C=O) groups is 1. The Morgan fingerprint density at radius 1 is 1.03 bits per heavy atom. The summed E-state index contributed by atoms with van der Waals surface area (Å²) in [6.45, 7) is 2.19. The van der Waals surface area contributed by atoms with Crippen molar-refractivity contribution < 1.29 is 9.18 Å². The molecule has 1 aliphatic heterocycles. The van der Waals surface area contributed by atoms with Crippen LogP contribution in [0.15, 0.2) is 54.9 Å². The zero-order valence-corrected chi connectivity index (χ0v) is 16.7. The Bertz CT molecular complexity index is 988. The zero-order chi connectivity index (χ0) is 20.8. The maximum atomic E-state index is 13.3. The average Bonchev–Trinajstić information content (AvgIpc) is 2.80. The van der Waals surface area contributed by atoms with Gasteiger partial charge in [0.1, 0.15) is 17.2 Å². The van der Waals surface area contributed by atoms with Gasteiger partial charge >= 0.3 is 0 Å². The highest BCUT2D eigenvalue weighted by molar-refractivity contribution is 5.99. The standard InChI is InChI=1S/C23H24FN5O/c24-18-9-7-17(8-10-18)21-27-16-20(22(28-21)29-14-4-1-5-15-29)23(30)26-13-11-19-6-2-3-12-25-19/h2-3,6-10,12,16H,1,4-5,11,13-15H2,(H,26,30). The van der Waals surface area contributed by atoms with Crippen molar-refractivity contribution in [3.63, 3.8) is 0 Å².